The van der Waals surface area contributed by atoms with Crippen LogP contribution in [0.15, 0.2) is 59.9 Å². The molecular weight excluding hydrogens is 364 g/mol. The van der Waals surface area contributed by atoms with Crippen LogP contribution < -0.4 is 16.2 Å². The topological polar surface area (TPSA) is 84.7 Å². The third-order valence-electron chi connectivity index (χ3n) is 4.71. The maximum atomic E-state index is 12.7. The number of nitrogens with zero attached hydrogens (tertiary/aromatic N) is 4. The number of aromatic nitrogens is 4. The molecule has 0 amide bonds. The predicted octanol–water partition coefficient (Wildman–Crippen LogP) is 2.22. The molecule has 3 aromatic rings. The van der Waals surface area contributed by atoms with Crippen molar-refractivity contribution in [3.63, 3.8) is 0 Å². The second kappa shape index (κ2) is 11.1. The van der Waals surface area contributed by atoms with Gasteiger partial charge < -0.3 is 15.2 Å². The van der Waals surface area contributed by atoms with Crippen molar-refractivity contribution in [2.75, 3.05) is 25.0 Å². The van der Waals surface area contributed by atoms with Crippen LogP contribution in [0.5, 0.6) is 0 Å². The highest BCUT2D eigenvalue weighted by Crippen LogP contribution is 2.01. The van der Waals surface area contributed by atoms with Crippen molar-refractivity contribution in [3.8, 4) is 0 Å². The summed E-state index contributed by atoms with van der Waals surface area (Å²) < 4.78 is 1.77. The lowest BCUT2D eigenvalue weighted by molar-refractivity contribution is 0.563. The van der Waals surface area contributed by atoms with Gasteiger partial charge in [-0.15, -0.1) is 0 Å². The Kier molecular flexibility index (Phi) is 7.89. The zero-order chi connectivity index (χ0) is 20.3. The fourth-order valence-electron chi connectivity index (χ4n) is 3.10. The summed E-state index contributed by atoms with van der Waals surface area (Å²) in [6, 6.07) is 9.88. The lowest BCUT2D eigenvalue weighted by Gasteiger charge is -2.13. The maximum absolute atomic E-state index is 12.7. The molecule has 0 radical (unpaired) electrons. The molecule has 0 bridgehead atoms. The molecule has 0 saturated carbocycles. The van der Waals surface area contributed by atoms with Crippen LogP contribution in [-0.4, -0.2) is 39.2 Å². The highest BCUT2D eigenvalue weighted by Gasteiger charge is 2.07. The Bertz CT molecular complexity index is 927. The van der Waals surface area contributed by atoms with Crippen molar-refractivity contribution in [1.29, 1.82) is 0 Å². The Morgan fingerprint density at radius 1 is 0.966 bits per heavy atom. The molecule has 7 heteroatoms. The van der Waals surface area contributed by atoms with Crippen LogP contribution in [0.2, 0.25) is 0 Å². The van der Waals surface area contributed by atoms with Gasteiger partial charge in [0.1, 0.15) is 0 Å². The molecule has 0 unspecified atom stereocenters. The first-order valence-corrected chi connectivity index (χ1v) is 10.0. The lowest BCUT2D eigenvalue weighted by Crippen LogP contribution is -2.31. The van der Waals surface area contributed by atoms with Gasteiger partial charge in [0.15, 0.2) is 5.82 Å². The van der Waals surface area contributed by atoms with Crippen molar-refractivity contribution in [2.45, 2.75) is 32.7 Å². The van der Waals surface area contributed by atoms with Gasteiger partial charge >= 0.3 is 0 Å². The molecule has 0 aromatic carbocycles. The first-order valence-electron chi connectivity index (χ1n) is 10.0. The van der Waals surface area contributed by atoms with Crippen LogP contribution in [0, 0.1) is 6.92 Å². The van der Waals surface area contributed by atoms with Gasteiger partial charge in [-0.05, 0) is 50.1 Å². The fraction of sp³-hybridized carbons (Fsp3) is 0.364. The lowest BCUT2D eigenvalue weighted by atomic mass is 10.1. The fourth-order valence-corrected chi connectivity index (χ4v) is 3.10. The van der Waals surface area contributed by atoms with Crippen LogP contribution in [0.25, 0.3) is 0 Å². The van der Waals surface area contributed by atoms with Crippen LogP contribution in [0.3, 0.4) is 0 Å². The summed E-state index contributed by atoms with van der Waals surface area (Å²) in [4.78, 5) is 25.4. The molecule has 0 saturated heterocycles. The van der Waals surface area contributed by atoms with E-state index in [0.717, 1.165) is 43.7 Å². The number of anilines is 1. The molecule has 29 heavy (non-hydrogen) atoms. The summed E-state index contributed by atoms with van der Waals surface area (Å²) >= 11 is 0. The predicted molar refractivity (Wildman–Crippen MR) is 115 cm³/mol. The summed E-state index contributed by atoms with van der Waals surface area (Å²) in [6.07, 6.45) is 9.99. The molecular formula is C22H28N6O. The maximum Gasteiger partial charge on any atom is 0.293 e. The minimum absolute atomic E-state index is 0.0804. The average Bonchev–Trinajstić information content (AvgIpc) is 2.75. The molecule has 3 aromatic heterocycles. The quantitative estimate of drug-likeness (QED) is 0.487. The number of rotatable bonds is 11. The average molecular weight is 393 g/mol. The van der Waals surface area contributed by atoms with Gasteiger partial charge in [0.25, 0.3) is 5.56 Å². The Morgan fingerprint density at radius 3 is 2.69 bits per heavy atom. The first-order chi connectivity index (χ1) is 14.2. The molecule has 7 nitrogen and oxygen atoms in total. The number of aryl methyl sites for hydroxylation is 2. The molecule has 3 rings (SSSR count). The van der Waals surface area contributed by atoms with Gasteiger partial charge in [0.05, 0.1) is 0 Å². The first kappa shape index (κ1) is 20.7. The van der Waals surface area contributed by atoms with E-state index in [1.807, 2.05) is 37.4 Å². The summed E-state index contributed by atoms with van der Waals surface area (Å²) in [5, 5.41) is 6.56. The second-order valence-corrected chi connectivity index (χ2v) is 6.92. The normalized spacial score (nSPS) is 10.8. The number of pyridine rings is 2. The van der Waals surface area contributed by atoms with Gasteiger partial charge in [-0.1, -0.05) is 12.1 Å². The zero-order valence-corrected chi connectivity index (χ0v) is 16.8. The number of hydrogen-bond acceptors (Lipinski definition) is 6. The Balaban J connectivity index is 1.44. The smallest absolute Gasteiger partial charge is 0.293 e. The Morgan fingerprint density at radius 2 is 1.90 bits per heavy atom. The summed E-state index contributed by atoms with van der Waals surface area (Å²) in [6.45, 7) is 4.80. The Labute approximate surface area is 171 Å². The zero-order valence-electron chi connectivity index (χ0n) is 16.8. The van der Waals surface area contributed by atoms with E-state index in [0.29, 0.717) is 18.9 Å². The van der Waals surface area contributed by atoms with Crippen molar-refractivity contribution in [3.05, 3.63) is 82.4 Å². The van der Waals surface area contributed by atoms with Crippen LogP contribution >= 0.6 is 0 Å². The van der Waals surface area contributed by atoms with Crippen molar-refractivity contribution in [2.24, 2.45) is 0 Å². The van der Waals surface area contributed by atoms with E-state index in [2.05, 4.69) is 31.7 Å². The van der Waals surface area contributed by atoms with E-state index in [4.69, 9.17) is 0 Å². The molecule has 0 aliphatic rings. The van der Waals surface area contributed by atoms with Gasteiger partial charge in [-0.2, -0.15) is 0 Å². The molecule has 0 atom stereocenters. The molecule has 0 aliphatic heterocycles. The van der Waals surface area contributed by atoms with Gasteiger partial charge in [-0.25, -0.2) is 4.98 Å². The number of hydrogen-bond donors (Lipinski definition) is 2. The summed E-state index contributed by atoms with van der Waals surface area (Å²) in [7, 11) is 0. The minimum Gasteiger partial charge on any atom is -0.365 e. The van der Waals surface area contributed by atoms with E-state index in [1.165, 1.54) is 5.56 Å². The van der Waals surface area contributed by atoms with E-state index < -0.39 is 0 Å². The van der Waals surface area contributed by atoms with Crippen LogP contribution in [0.1, 0.15) is 23.4 Å². The van der Waals surface area contributed by atoms with Crippen molar-refractivity contribution >= 4 is 5.82 Å². The highest BCUT2D eigenvalue weighted by atomic mass is 16.1. The van der Waals surface area contributed by atoms with E-state index >= 15 is 0 Å². The molecule has 0 fully saturated rings. The van der Waals surface area contributed by atoms with E-state index in [-0.39, 0.29) is 5.56 Å². The van der Waals surface area contributed by atoms with E-state index in [9.17, 15) is 4.79 Å². The van der Waals surface area contributed by atoms with Gasteiger partial charge in [-0.3, -0.25) is 14.8 Å². The molecule has 2 N–H and O–H groups in total. The highest BCUT2D eigenvalue weighted by molar-refractivity contribution is 5.32. The SMILES string of the molecule is Cc1cnc(NCCc2ccccn2)c(=O)n1CCNCCCc1cccnc1. The molecule has 152 valence electrons. The van der Waals surface area contributed by atoms with Crippen LogP contribution in [0.4, 0.5) is 5.82 Å². The third-order valence-corrected chi connectivity index (χ3v) is 4.71. The molecule has 3 heterocycles. The number of nitrogens with one attached hydrogen (secondary N) is 2. The second-order valence-electron chi connectivity index (χ2n) is 6.92. The standard InChI is InChI=1S/C22H28N6O/c1-18-16-27-21(26-13-9-20-8-2-3-12-25-20)22(29)28(18)15-14-23-10-4-6-19-7-5-11-24-17-19/h2-3,5,7-8,11-12,16-17,23H,4,6,9-10,13-15H2,1H3,(H,26,27). The van der Waals surface area contributed by atoms with Crippen molar-refractivity contribution in [1.82, 2.24) is 24.8 Å². The monoisotopic (exact) mass is 392 g/mol. The van der Waals surface area contributed by atoms with Crippen LogP contribution in [-0.2, 0) is 19.4 Å². The minimum atomic E-state index is -0.0804. The third kappa shape index (κ3) is 6.50. The summed E-state index contributed by atoms with van der Waals surface area (Å²) in [5.41, 5.74) is 3.02. The van der Waals surface area contributed by atoms with Gasteiger partial charge in [0, 0.05) is 62.2 Å². The molecule has 0 aliphatic carbocycles. The van der Waals surface area contributed by atoms with E-state index in [1.54, 1.807) is 23.2 Å². The van der Waals surface area contributed by atoms with Gasteiger partial charge in [0.2, 0.25) is 0 Å². The Hall–Kier alpha value is -3.06. The summed E-state index contributed by atoms with van der Waals surface area (Å²) in [5.74, 6) is 0.392. The molecule has 0 spiro atoms. The largest absolute Gasteiger partial charge is 0.365 e. The van der Waals surface area contributed by atoms with Crippen molar-refractivity contribution < 1.29 is 0 Å².